The Labute approximate surface area is 101 Å². The first kappa shape index (κ1) is 11.6. The molecule has 0 fully saturated rings. The zero-order valence-corrected chi connectivity index (χ0v) is 9.65. The van der Waals surface area contributed by atoms with Gasteiger partial charge in [-0.3, -0.25) is 14.9 Å². The third-order valence-electron chi connectivity index (χ3n) is 2.47. The van der Waals surface area contributed by atoms with Gasteiger partial charge in [-0.25, -0.2) is 0 Å². The second-order valence-corrected chi connectivity index (χ2v) is 3.77. The van der Waals surface area contributed by atoms with Gasteiger partial charge in [0.05, 0.1) is 16.4 Å². The molecule has 0 aliphatic heterocycles. The predicted octanol–water partition coefficient (Wildman–Crippen LogP) is 3.07. The molecule has 0 aliphatic carbocycles. The summed E-state index contributed by atoms with van der Waals surface area (Å²) in [6.07, 6.45) is 0. The zero-order chi connectivity index (χ0) is 12.6. The average molecular weight is 254 g/mol. The number of nitrogens with zero attached hydrogens (tertiary/aromatic N) is 1. The fraction of sp³-hybridized carbons (Fsp3) is 0.182. The first-order valence-electron chi connectivity index (χ1n) is 4.82. The maximum atomic E-state index is 11.6. The fourth-order valence-corrected chi connectivity index (χ4v) is 1.91. The van der Waals surface area contributed by atoms with Crippen LogP contribution in [0.1, 0.15) is 16.1 Å². The molecule has 6 heteroatoms. The number of carbonyl (C=O) groups is 1. The summed E-state index contributed by atoms with van der Waals surface area (Å²) in [5.41, 5.74) is 0.279. The van der Waals surface area contributed by atoms with Crippen molar-refractivity contribution < 1.29 is 14.1 Å². The number of carbonyl (C=O) groups excluding carboxylic acids is 1. The minimum Gasteiger partial charge on any atom is -0.453 e. The third kappa shape index (κ3) is 1.78. The number of hydrogen-bond acceptors (Lipinski definition) is 4. The molecule has 1 aromatic heterocycles. The molecule has 0 amide bonds. The molecule has 2 aromatic rings. The third-order valence-corrected chi connectivity index (χ3v) is 2.71. The Balaban J connectivity index is 2.80. The highest BCUT2D eigenvalue weighted by molar-refractivity contribution is 6.32. The molecule has 17 heavy (non-hydrogen) atoms. The molecule has 0 radical (unpaired) electrons. The van der Waals surface area contributed by atoms with Gasteiger partial charge in [-0.15, -0.1) is 11.6 Å². The molecular weight excluding hydrogens is 246 g/mol. The van der Waals surface area contributed by atoms with E-state index >= 15 is 0 Å². The van der Waals surface area contributed by atoms with Crippen molar-refractivity contribution in [2.45, 2.75) is 6.92 Å². The van der Waals surface area contributed by atoms with Crippen molar-refractivity contribution >= 4 is 34.0 Å². The van der Waals surface area contributed by atoms with Crippen LogP contribution >= 0.6 is 11.6 Å². The minimum absolute atomic E-state index is 0.114. The highest BCUT2D eigenvalue weighted by Gasteiger charge is 2.23. The summed E-state index contributed by atoms with van der Waals surface area (Å²) in [7, 11) is 0. The lowest BCUT2D eigenvalue weighted by molar-refractivity contribution is -0.383. The van der Waals surface area contributed by atoms with Crippen LogP contribution in [0.3, 0.4) is 0 Å². The summed E-state index contributed by atoms with van der Waals surface area (Å²) < 4.78 is 5.29. The van der Waals surface area contributed by atoms with E-state index in [4.69, 9.17) is 16.0 Å². The van der Waals surface area contributed by atoms with Gasteiger partial charge in [-0.05, 0) is 13.0 Å². The maximum Gasteiger partial charge on any atom is 0.312 e. The molecule has 5 nitrogen and oxygen atoms in total. The van der Waals surface area contributed by atoms with Gasteiger partial charge < -0.3 is 4.42 Å². The summed E-state index contributed by atoms with van der Waals surface area (Å²) in [5, 5.41) is 11.2. The van der Waals surface area contributed by atoms with Crippen molar-refractivity contribution in [1.29, 1.82) is 0 Å². The van der Waals surface area contributed by atoms with Crippen LogP contribution in [-0.2, 0) is 0 Å². The van der Waals surface area contributed by atoms with Gasteiger partial charge in [0.2, 0.25) is 5.58 Å². The first-order chi connectivity index (χ1) is 8.06. The van der Waals surface area contributed by atoms with Gasteiger partial charge >= 0.3 is 5.69 Å². The van der Waals surface area contributed by atoms with Crippen molar-refractivity contribution in [1.82, 2.24) is 0 Å². The number of Topliss-reactive ketones (excluding diaryl/α,β-unsaturated/α-hetero) is 1. The van der Waals surface area contributed by atoms with Gasteiger partial charge in [0.15, 0.2) is 5.78 Å². The van der Waals surface area contributed by atoms with E-state index in [1.54, 1.807) is 13.0 Å². The molecule has 0 saturated heterocycles. The number of non-ortho nitro benzene ring substituents is 1. The normalized spacial score (nSPS) is 10.7. The summed E-state index contributed by atoms with van der Waals surface area (Å²) in [5.74, 6) is -0.138. The molecule has 0 saturated carbocycles. The Kier molecular flexibility index (Phi) is 2.85. The number of fused-ring (bicyclic) bond motifs is 1. The standard InChI is InChI=1S/C11H8ClNO4/c1-6-10(9(14)5-12)7-3-2-4-8(13(15)16)11(7)17-6/h2-4H,5H2,1H3. The number of aryl methyl sites for hydroxylation is 1. The Morgan fingerprint density at radius 2 is 2.24 bits per heavy atom. The van der Waals surface area contributed by atoms with E-state index in [1.165, 1.54) is 12.1 Å². The fourth-order valence-electron chi connectivity index (χ4n) is 1.78. The van der Waals surface area contributed by atoms with Gasteiger partial charge in [-0.2, -0.15) is 0 Å². The Morgan fingerprint density at radius 1 is 1.53 bits per heavy atom. The van der Waals surface area contributed by atoms with E-state index in [0.29, 0.717) is 16.7 Å². The second kappa shape index (κ2) is 4.18. The number of halogens is 1. The number of hydrogen-bond donors (Lipinski definition) is 0. The SMILES string of the molecule is Cc1oc2c([N+](=O)[O-])cccc2c1C(=O)CCl. The van der Waals surface area contributed by atoms with Crippen LogP contribution in [0.4, 0.5) is 5.69 Å². The zero-order valence-electron chi connectivity index (χ0n) is 8.90. The monoisotopic (exact) mass is 253 g/mol. The van der Waals surface area contributed by atoms with E-state index in [0.717, 1.165) is 0 Å². The van der Waals surface area contributed by atoms with Crippen LogP contribution < -0.4 is 0 Å². The van der Waals surface area contributed by atoms with E-state index in [2.05, 4.69) is 0 Å². The van der Waals surface area contributed by atoms with Crippen molar-refractivity contribution in [3.8, 4) is 0 Å². The number of rotatable bonds is 3. The number of ketones is 1. The van der Waals surface area contributed by atoms with Crippen molar-refractivity contribution in [2.75, 3.05) is 5.88 Å². The van der Waals surface area contributed by atoms with Gasteiger partial charge in [-0.1, -0.05) is 6.07 Å². The Bertz CT molecular complexity index is 617. The van der Waals surface area contributed by atoms with E-state index in [9.17, 15) is 14.9 Å². The van der Waals surface area contributed by atoms with Crippen molar-refractivity contribution in [2.24, 2.45) is 0 Å². The molecule has 0 unspecified atom stereocenters. The molecule has 1 aromatic carbocycles. The Morgan fingerprint density at radius 3 is 2.82 bits per heavy atom. The predicted molar refractivity (Wildman–Crippen MR) is 62.7 cm³/mol. The van der Waals surface area contributed by atoms with Crippen LogP contribution in [0.5, 0.6) is 0 Å². The van der Waals surface area contributed by atoms with Crippen molar-refractivity contribution in [3.63, 3.8) is 0 Å². The largest absolute Gasteiger partial charge is 0.453 e. The van der Waals surface area contributed by atoms with Gasteiger partial charge in [0, 0.05) is 11.5 Å². The second-order valence-electron chi connectivity index (χ2n) is 3.50. The highest BCUT2D eigenvalue weighted by Crippen LogP contribution is 2.32. The Hall–Kier alpha value is -1.88. The van der Waals surface area contributed by atoms with Crippen LogP contribution in [0, 0.1) is 17.0 Å². The lowest BCUT2D eigenvalue weighted by Gasteiger charge is -1.94. The molecule has 0 spiro atoms. The number of benzene rings is 1. The van der Waals surface area contributed by atoms with Crippen LogP contribution in [-0.4, -0.2) is 16.6 Å². The average Bonchev–Trinajstić information content (AvgIpc) is 2.63. The van der Waals surface area contributed by atoms with E-state index in [-0.39, 0.29) is 22.9 Å². The number of nitro benzene ring substituents is 1. The molecule has 0 bridgehead atoms. The van der Waals surface area contributed by atoms with E-state index in [1.807, 2.05) is 0 Å². The topological polar surface area (TPSA) is 73.3 Å². The summed E-state index contributed by atoms with van der Waals surface area (Å²) in [4.78, 5) is 21.9. The number of nitro groups is 1. The molecule has 1 heterocycles. The number of furan rings is 1. The van der Waals surface area contributed by atoms with Crippen LogP contribution in [0.2, 0.25) is 0 Å². The summed E-state index contributed by atoms with van der Waals surface area (Å²) >= 11 is 5.49. The maximum absolute atomic E-state index is 11.6. The lowest BCUT2D eigenvalue weighted by Crippen LogP contribution is -2.00. The van der Waals surface area contributed by atoms with Gasteiger partial charge in [0.1, 0.15) is 5.76 Å². The molecule has 0 atom stereocenters. The van der Waals surface area contributed by atoms with Gasteiger partial charge in [0.25, 0.3) is 0 Å². The van der Waals surface area contributed by atoms with Crippen LogP contribution in [0.25, 0.3) is 11.0 Å². The summed E-state index contributed by atoms with van der Waals surface area (Å²) in [6.45, 7) is 1.59. The quantitative estimate of drug-likeness (QED) is 0.365. The number of alkyl halides is 1. The molecular formula is C11H8ClNO4. The van der Waals surface area contributed by atoms with Crippen LogP contribution in [0.15, 0.2) is 22.6 Å². The molecule has 0 aliphatic rings. The summed E-state index contributed by atoms with van der Waals surface area (Å²) in [6, 6.07) is 4.46. The molecule has 88 valence electrons. The highest BCUT2D eigenvalue weighted by atomic mass is 35.5. The first-order valence-corrected chi connectivity index (χ1v) is 5.35. The molecule has 2 rings (SSSR count). The van der Waals surface area contributed by atoms with Crippen molar-refractivity contribution in [3.05, 3.63) is 39.6 Å². The van der Waals surface area contributed by atoms with E-state index < -0.39 is 4.92 Å². The minimum atomic E-state index is -0.541. The molecule has 0 N–H and O–H groups in total. The lowest BCUT2D eigenvalue weighted by atomic mass is 10.1. The smallest absolute Gasteiger partial charge is 0.312 e. The number of para-hydroxylation sites is 1.